The van der Waals surface area contributed by atoms with Gasteiger partial charge in [0.2, 0.25) is 0 Å². The Morgan fingerprint density at radius 2 is 1.71 bits per heavy atom. The molecule has 2 aromatic carbocycles. The van der Waals surface area contributed by atoms with E-state index in [4.69, 9.17) is 9.84 Å². The SMILES string of the molecule is COc1ccc(C(=O)c2ccccc2)c(OC(=O)O)c1.[CaH2]. The third-order valence-electron chi connectivity index (χ3n) is 2.67. The number of methoxy groups -OCH3 is 1. The second-order valence-electron chi connectivity index (χ2n) is 3.93. The van der Waals surface area contributed by atoms with Crippen molar-refractivity contribution >= 4 is 49.7 Å². The van der Waals surface area contributed by atoms with E-state index >= 15 is 0 Å². The van der Waals surface area contributed by atoms with Crippen molar-refractivity contribution in [2.24, 2.45) is 0 Å². The predicted octanol–water partition coefficient (Wildman–Crippen LogP) is 2.07. The predicted molar refractivity (Wildman–Crippen MR) is 80.1 cm³/mol. The van der Waals surface area contributed by atoms with Crippen LogP contribution in [0.4, 0.5) is 4.79 Å². The van der Waals surface area contributed by atoms with Crippen LogP contribution in [0.25, 0.3) is 0 Å². The molecule has 21 heavy (non-hydrogen) atoms. The quantitative estimate of drug-likeness (QED) is 0.405. The van der Waals surface area contributed by atoms with Crippen molar-refractivity contribution in [1.82, 2.24) is 0 Å². The van der Waals surface area contributed by atoms with E-state index in [1.54, 1.807) is 36.4 Å². The zero-order valence-electron chi connectivity index (χ0n) is 10.7. The summed E-state index contributed by atoms with van der Waals surface area (Å²) in [5, 5.41) is 8.73. The van der Waals surface area contributed by atoms with Gasteiger partial charge in [0.25, 0.3) is 0 Å². The van der Waals surface area contributed by atoms with Crippen LogP contribution in [0.5, 0.6) is 11.5 Å². The van der Waals surface area contributed by atoms with Crippen molar-refractivity contribution in [3.8, 4) is 11.5 Å². The summed E-state index contributed by atoms with van der Waals surface area (Å²) in [6, 6.07) is 13.0. The fraction of sp³-hybridized carbons (Fsp3) is 0.0667. The van der Waals surface area contributed by atoms with Crippen LogP contribution in [0.1, 0.15) is 15.9 Å². The van der Waals surface area contributed by atoms with E-state index in [-0.39, 0.29) is 54.8 Å². The minimum absolute atomic E-state index is 0. The summed E-state index contributed by atoms with van der Waals surface area (Å²) in [4.78, 5) is 23.0. The van der Waals surface area contributed by atoms with Crippen LogP contribution in [0.15, 0.2) is 48.5 Å². The molecular weight excluding hydrogens is 300 g/mol. The molecule has 0 atom stereocenters. The van der Waals surface area contributed by atoms with Gasteiger partial charge >= 0.3 is 43.9 Å². The van der Waals surface area contributed by atoms with Gasteiger partial charge in [0.1, 0.15) is 11.5 Å². The topological polar surface area (TPSA) is 72.8 Å². The van der Waals surface area contributed by atoms with Crippen LogP contribution in [-0.2, 0) is 0 Å². The third-order valence-corrected chi connectivity index (χ3v) is 2.67. The Morgan fingerprint density at radius 1 is 1.05 bits per heavy atom. The number of hydrogen-bond donors (Lipinski definition) is 1. The molecule has 106 valence electrons. The fourth-order valence-electron chi connectivity index (χ4n) is 1.74. The van der Waals surface area contributed by atoms with Gasteiger partial charge in [0.05, 0.1) is 12.7 Å². The van der Waals surface area contributed by atoms with Crippen molar-refractivity contribution in [2.45, 2.75) is 0 Å². The Bertz CT molecular complexity index is 640. The van der Waals surface area contributed by atoms with Gasteiger partial charge in [-0.2, -0.15) is 0 Å². The zero-order valence-corrected chi connectivity index (χ0v) is 10.7. The van der Waals surface area contributed by atoms with E-state index in [0.29, 0.717) is 11.3 Å². The first kappa shape index (κ1) is 17.5. The zero-order chi connectivity index (χ0) is 14.5. The number of hydrogen-bond acceptors (Lipinski definition) is 4. The molecule has 0 fully saturated rings. The second kappa shape index (κ2) is 8.02. The Labute approximate surface area is 151 Å². The summed E-state index contributed by atoms with van der Waals surface area (Å²) in [7, 11) is 1.44. The van der Waals surface area contributed by atoms with Crippen LogP contribution in [0, 0.1) is 0 Å². The first-order valence-corrected chi connectivity index (χ1v) is 5.80. The molecular formula is C15H14CaO5. The van der Waals surface area contributed by atoms with E-state index in [1.165, 1.54) is 19.2 Å². The van der Waals surface area contributed by atoms with Crippen LogP contribution in [0.2, 0.25) is 0 Å². The van der Waals surface area contributed by atoms with E-state index in [9.17, 15) is 9.59 Å². The molecule has 0 aliphatic heterocycles. The van der Waals surface area contributed by atoms with Crippen LogP contribution < -0.4 is 9.47 Å². The van der Waals surface area contributed by atoms with Gasteiger partial charge in [-0.15, -0.1) is 0 Å². The molecule has 0 amide bonds. The first-order valence-electron chi connectivity index (χ1n) is 5.80. The third kappa shape index (κ3) is 4.46. The van der Waals surface area contributed by atoms with Crippen molar-refractivity contribution in [1.29, 1.82) is 0 Å². The summed E-state index contributed by atoms with van der Waals surface area (Å²) < 4.78 is 9.64. The molecule has 1 N–H and O–H groups in total. The molecule has 2 rings (SSSR count). The van der Waals surface area contributed by atoms with Crippen LogP contribution in [-0.4, -0.2) is 61.9 Å². The molecule has 0 unspecified atom stereocenters. The van der Waals surface area contributed by atoms with E-state index in [2.05, 4.69) is 4.74 Å². The average molecular weight is 314 g/mol. The summed E-state index contributed by atoms with van der Waals surface area (Å²) in [5.74, 6) is 0.0427. The molecule has 5 nitrogen and oxygen atoms in total. The van der Waals surface area contributed by atoms with Crippen LogP contribution >= 0.6 is 0 Å². The molecule has 0 saturated heterocycles. The minimum atomic E-state index is -1.49. The van der Waals surface area contributed by atoms with E-state index in [0.717, 1.165) is 0 Å². The molecule has 0 aliphatic rings. The fourth-order valence-corrected chi connectivity index (χ4v) is 1.74. The molecule has 2 aromatic rings. The molecule has 0 aliphatic carbocycles. The summed E-state index contributed by atoms with van der Waals surface area (Å²) in [6.45, 7) is 0. The maximum atomic E-state index is 12.3. The van der Waals surface area contributed by atoms with Gasteiger partial charge in [-0.25, -0.2) is 4.79 Å². The van der Waals surface area contributed by atoms with Gasteiger partial charge < -0.3 is 14.6 Å². The first-order chi connectivity index (χ1) is 9.61. The molecule has 0 bridgehead atoms. The number of ketones is 1. The Morgan fingerprint density at radius 3 is 2.29 bits per heavy atom. The standard InChI is InChI=1S/C15H12O5.Ca.2H/c1-19-11-7-8-12(13(9-11)20-15(17)18)14(16)10-5-3-2-4-6-10;;;/h2-9H,1H3,(H,17,18);;;. The second-order valence-corrected chi connectivity index (χ2v) is 3.93. The Kier molecular flexibility index (Phi) is 6.68. The number of rotatable bonds is 4. The molecule has 6 heteroatoms. The number of carbonyl (C=O) groups excluding carboxylic acids is 1. The van der Waals surface area contributed by atoms with Crippen LogP contribution in [0.3, 0.4) is 0 Å². The van der Waals surface area contributed by atoms with E-state index < -0.39 is 6.16 Å². The average Bonchev–Trinajstić information content (AvgIpc) is 2.46. The van der Waals surface area contributed by atoms with E-state index in [1.807, 2.05) is 0 Å². The van der Waals surface area contributed by atoms with Crippen molar-refractivity contribution in [3.63, 3.8) is 0 Å². The molecule has 0 aromatic heterocycles. The summed E-state index contributed by atoms with van der Waals surface area (Å²) >= 11 is 0. The number of carbonyl (C=O) groups is 2. The maximum absolute atomic E-state index is 12.3. The molecule has 0 saturated carbocycles. The number of carboxylic acid groups (broad SMARTS) is 1. The molecule has 0 spiro atoms. The normalized spacial score (nSPS) is 9.38. The number of ether oxygens (including phenoxy) is 2. The van der Waals surface area contributed by atoms with Gasteiger partial charge in [-0.05, 0) is 12.1 Å². The Hall–Kier alpha value is -1.56. The van der Waals surface area contributed by atoms with Gasteiger partial charge in [0.15, 0.2) is 5.78 Å². The molecule has 0 radical (unpaired) electrons. The van der Waals surface area contributed by atoms with Gasteiger partial charge in [-0.3, -0.25) is 4.79 Å². The van der Waals surface area contributed by atoms with Crippen molar-refractivity contribution in [3.05, 3.63) is 59.7 Å². The van der Waals surface area contributed by atoms with Crippen molar-refractivity contribution < 1.29 is 24.2 Å². The van der Waals surface area contributed by atoms with Crippen molar-refractivity contribution in [2.75, 3.05) is 7.11 Å². The van der Waals surface area contributed by atoms with Gasteiger partial charge in [-0.1, -0.05) is 30.3 Å². The molecule has 0 heterocycles. The Balaban J connectivity index is 0.00000220. The monoisotopic (exact) mass is 314 g/mol. The summed E-state index contributed by atoms with van der Waals surface area (Å²) in [5.41, 5.74) is 0.618. The summed E-state index contributed by atoms with van der Waals surface area (Å²) in [6.07, 6.45) is -1.49. The van der Waals surface area contributed by atoms with Gasteiger partial charge in [0, 0.05) is 11.6 Å². The number of benzene rings is 2.